The number of H-pyrrole nitrogens is 1. The van der Waals surface area contributed by atoms with Crippen LogP contribution >= 0.6 is 0 Å². The third kappa shape index (κ3) is 2.15. The molecule has 17 heavy (non-hydrogen) atoms. The number of aromatic hydroxyl groups is 1. The maximum absolute atomic E-state index is 9.72. The molecule has 1 aromatic carbocycles. The van der Waals surface area contributed by atoms with E-state index in [1.54, 1.807) is 6.07 Å². The molecule has 0 atom stereocenters. The molecule has 2 aromatic rings. The largest absolute Gasteiger partial charge is 0.507 e. The minimum Gasteiger partial charge on any atom is -0.507 e. The predicted molar refractivity (Wildman–Crippen MR) is 69.1 cm³/mol. The quantitative estimate of drug-likeness (QED) is 0.759. The second kappa shape index (κ2) is 4.41. The zero-order valence-corrected chi connectivity index (χ0v) is 9.87. The van der Waals surface area contributed by atoms with Crippen LogP contribution in [0.15, 0.2) is 24.3 Å². The van der Waals surface area contributed by atoms with Gasteiger partial charge in [-0.25, -0.2) is 0 Å². The van der Waals surface area contributed by atoms with E-state index < -0.39 is 0 Å². The Morgan fingerprint density at radius 3 is 2.88 bits per heavy atom. The Morgan fingerprint density at radius 1 is 1.29 bits per heavy atom. The normalized spacial score (nSPS) is 16.9. The minimum absolute atomic E-state index is 0.353. The minimum atomic E-state index is 0.353. The number of phenolic OH excluding ortho intramolecular Hbond substituents is 1. The monoisotopic (exact) mass is 230 g/mol. The van der Waals surface area contributed by atoms with Crippen molar-refractivity contribution in [2.75, 3.05) is 0 Å². The molecule has 0 unspecified atom stereocenters. The van der Waals surface area contributed by atoms with E-state index in [0.29, 0.717) is 11.8 Å². The van der Waals surface area contributed by atoms with E-state index in [1.807, 2.05) is 18.2 Å². The molecule has 0 aliphatic heterocycles. The van der Waals surface area contributed by atoms with Gasteiger partial charge in [-0.2, -0.15) is 0 Å². The Hall–Kier alpha value is -1.48. The smallest absolute Gasteiger partial charge is 0.124 e. The molecule has 0 radical (unpaired) electrons. The van der Waals surface area contributed by atoms with Crippen molar-refractivity contribution in [2.24, 2.45) is 0 Å². The number of aromatic amines is 1. The predicted octanol–water partition coefficient (Wildman–Crippen LogP) is 2.91. The Balaban J connectivity index is 1.74. The molecule has 1 aromatic heterocycles. The number of aromatic nitrogens is 1. The molecule has 1 aliphatic carbocycles. The summed E-state index contributed by atoms with van der Waals surface area (Å²) in [5.41, 5.74) is 2.15. The van der Waals surface area contributed by atoms with Gasteiger partial charge in [0.05, 0.1) is 0 Å². The van der Waals surface area contributed by atoms with Gasteiger partial charge in [0, 0.05) is 29.2 Å². The number of fused-ring (bicyclic) bond motifs is 1. The summed E-state index contributed by atoms with van der Waals surface area (Å²) in [5.74, 6) is 0.353. The first-order valence-corrected chi connectivity index (χ1v) is 6.36. The van der Waals surface area contributed by atoms with E-state index in [0.717, 1.165) is 23.1 Å². The molecular formula is C14H18N2O. The highest BCUT2D eigenvalue weighted by atomic mass is 16.3. The van der Waals surface area contributed by atoms with E-state index in [-0.39, 0.29) is 0 Å². The van der Waals surface area contributed by atoms with Crippen LogP contribution in [0.2, 0.25) is 0 Å². The summed E-state index contributed by atoms with van der Waals surface area (Å²) in [6.45, 7) is 0.860. The van der Waals surface area contributed by atoms with Crippen molar-refractivity contribution in [3.05, 3.63) is 30.0 Å². The number of hydrogen-bond acceptors (Lipinski definition) is 2. The molecular weight excluding hydrogens is 212 g/mol. The molecule has 1 heterocycles. The van der Waals surface area contributed by atoms with Crippen molar-refractivity contribution in [3.63, 3.8) is 0 Å². The van der Waals surface area contributed by atoms with Crippen LogP contribution in [0.1, 0.15) is 31.4 Å². The Morgan fingerprint density at radius 2 is 2.12 bits per heavy atom. The van der Waals surface area contributed by atoms with Crippen molar-refractivity contribution in [1.82, 2.24) is 10.3 Å². The Kier molecular flexibility index (Phi) is 2.77. The summed E-state index contributed by atoms with van der Waals surface area (Å²) >= 11 is 0. The van der Waals surface area contributed by atoms with E-state index in [4.69, 9.17) is 0 Å². The van der Waals surface area contributed by atoms with Crippen LogP contribution in [0.3, 0.4) is 0 Å². The second-order valence-corrected chi connectivity index (χ2v) is 4.90. The molecule has 3 N–H and O–H groups in total. The third-order valence-electron chi connectivity index (χ3n) is 3.63. The SMILES string of the molecule is Oc1cccc2[nH]c(CNC3CCCC3)cc12. The number of rotatable bonds is 3. The number of hydrogen-bond donors (Lipinski definition) is 3. The Labute approximate surface area is 101 Å². The van der Waals surface area contributed by atoms with Crippen LogP contribution in [0.4, 0.5) is 0 Å². The lowest BCUT2D eigenvalue weighted by atomic mass is 10.2. The molecule has 3 rings (SSSR count). The van der Waals surface area contributed by atoms with Crippen molar-refractivity contribution in [2.45, 2.75) is 38.3 Å². The van der Waals surface area contributed by atoms with Crippen molar-refractivity contribution in [1.29, 1.82) is 0 Å². The van der Waals surface area contributed by atoms with Crippen LogP contribution in [-0.2, 0) is 6.54 Å². The molecule has 1 aliphatic rings. The zero-order valence-electron chi connectivity index (χ0n) is 9.87. The van der Waals surface area contributed by atoms with Gasteiger partial charge >= 0.3 is 0 Å². The highest BCUT2D eigenvalue weighted by Crippen LogP contribution is 2.25. The van der Waals surface area contributed by atoms with Crippen LogP contribution in [-0.4, -0.2) is 16.1 Å². The second-order valence-electron chi connectivity index (χ2n) is 4.90. The fraction of sp³-hybridized carbons (Fsp3) is 0.429. The van der Waals surface area contributed by atoms with Gasteiger partial charge in [-0.1, -0.05) is 18.9 Å². The molecule has 3 heteroatoms. The summed E-state index contributed by atoms with van der Waals surface area (Å²) in [5, 5.41) is 14.2. The van der Waals surface area contributed by atoms with Crippen molar-refractivity contribution < 1.29 is 5.11 Å². The fourth-order valence-corrected chi connectivity index (χ4v) is 2.68. The lowest BCUT2D eigenvalue weighted by Gasteiger charge is -2.10. The van der Waals surface area contributed by atoms with Crippen LogP contribution in [0.5, 0.6) is 5.75 Å². The number of benzene rings is 1. The summed E-state index contributed by atoms with van der Waals surface area (Å²) in [6, 6.07) is 8.29. The van der Waals surface area contributed by atoms with Crippen molar-refractivity contribution >= 4 is 10.9 Å². The molecule has 3 nitrogen and oxygen atoms in total. The number of nitrogens with one attached hydrogen (secondary N) is 2. The topological polar surface area (TPSA) is 48.0 Å². The highest BCUT2D eigenvalue weighted by molar-refractivity contribution is 5.86. The first-order valence-electron chi connectivity index (χ1n) is 6.36. The van der Waals surface area contributed by atoms with E-state index in [2.05, 4.69) is 10.3 Å². The fourth-order valence-electron chi connectivity index (χ4n) is 2.68. The maximum Gasteiger partial charge on any atom is 0.124 e. The van der Waals surface area contributed by atoms with Gasteiger partial charge in [-0.15, -0.1) is 0 Å². The van der Waals surface area contributed by atoms with Gasteiger partial charge in [0.2, 0.25) is 0 Å². The lowest BCUT2D eigenvalue weighted by Crippen LogP contribution is -2.25. The molecule has 1 fully saturated rings. The van der Waals surface area contributed by atoms with Gasteiger partial charge in [0.1, 0.15) is 5.75 Å². The van der Waals surface area contributed by atoms with Gasteiger partial charge in [-0.3, -0.25) is 0 Å². The van der Waals surface area contributed by atoms with E-state index in [1.165, 1.54) is 25.7 Å². The van der Waals surface area contributed by atoms with Gasteiger partial charge in [-0.05, 0) is 31.0 Å². The Bertz CT molecular complexity index is 512. The third-order valence-corrected chi connectivity index (χ3v) is 3.63. The van der Waals surface area contributed by atoms with Gasteiger partial charge in [0.25, 0.3) is 0 Å². The molecule has 90 valence electrons. The maximum atomic E-state index is 9.72. The van der Waals surface area contributed by atoms with E-state index >= 15 is 0 Å². The summed E-state index contributed by atoms with van der Waals surface area (Å²) in [4.78, 5) is 3.34. The standard InChI is InChI=1S/C14H18N2O/c17-14-7-3-6-13-12(14)8-11(16-13)9-15-10-4-1-2-5-10/h3,6-8,10,15-17H,1-2,4-5,9H2. The average molecular weight is 230 g/mol. The summed E-state index contributed by atoms with van der Waals surface area (Å²) in [7, 11) is 0. The van der Waals surface area contributed by atoms with E-state index in [9.17, 15) is 5.11 Å². The molecule has 0 bridgehead atoms. The summed E-state index contributed by atoms with van der Waals surface area (Å²) < 4.78 is 0. The first kappa shape index (κ1) is 10.7. The highest BCUT2D eigenvalue weighted by Gasteiger charge is 2.14. The average Bonchev–Trinajstić information content (AvgIpc) is 2.95. The van der Waals surface area contributed by atoms with Crippen LogP contribution in [0, 0.1) is 0 Å². The van der Waals surface area contributed by atoms with Gasteiger partial charge < -0.3 is 15.4 Å². The van der Waals surface area contributed by atoms with Crippen LogP contribution < -0.4 is 5.32 Å². The molecule has 0 amide bonds. The zero-order chi connectivity index (χ0) is 11.7. The first-order chi connectivity index (χ1) is 8.33. The molecule has 1 saturated carbocycles. The van der Waals surface area contributed by atoms with Crippen molar-refractivity contribution in [3.8, 4) is 5.75 Å². The summed E-state index contributed by atoms with van der Waals surface area (Å²) in [6.07, 6.45) is 5.30. The van der Waals surface area contributed by atoms with Crippen LogP contribution in [0.25, 0.3) is 10.9 Å². The molecule has 0 spiro atoms. The lowest BCUT2D eigenvalue weighted by molar-refractivity contribution is 0.481. The van der Waals surface area contributed by atoms with Gasteiger partial charge in [0.15, 0.2) is 0 Å². The number of phenols is 1. The molecule has 0 saturated heterocycles.